The predicted octanol–water partition coefficient (Wildman–Crippen LogP) is 4.39. The maximum atomic E-state index is 12.9. The largest absolute Gasteiger partial charge is 0.507 e. The van der Waals surface area contributed by atoms with Crippen LogP contribution in [0.3, 0.4) is 0 Å². The molecular formula is C25H31N5O2. The van der Waals surface area contributed by atoms with Gasteiger partial charge in [-0.2, -0.15) is 9.61 Å². The first-order chi connectivity index (χ1) is 15.6. The molecular weight excluding hydrogens is 402 g/mol. The van der Waals surface area contributed by atoms with Gasteiger partial charge in [0.15, 0.2) is 5.65 Å². The van der Waals surface area contributed by atoms with Crippen molar-refractivity contribution in [1.29, 1.82) is 0 Å². The molecule has 0 atom stereocenters. The molecule has 2 aromatic heterocycles. The molecule has 1 saturated carbocycles. The number of likely N-dealkylation sites (tertiary alicyclic amines) is 1. The minimum Gasteiger partial charge on any atom is -0.507 e. The summed E-state index contributed by atoms with van der Waals surface area (Å²) in [6, 6.07) is 9.47. The Morgan fingerprint density at radius 1 is 1.09 bits per heavy atom. The number of carbonyl (C=O) groups is 1. The summed E-state index contributed by atoms with van der Waals surface area (Å²) in [4.78, 5) is 19.7. The van der Waals surface area contributed by atoms with E-state index in [0.29, 0.717) is 17.2 Å². The van der Waals surface area contributed by atoms with Crippen LogP contribution in [0.2, 0.25) is 0 Å². The van der Waals surface area contributed by atoms with Crippen molar-refractivity contribution >= 4 is 17.4 Å². The van der Waals surface area contributed by atoms with Crippen molar-refractivity contribution < 1.29 is 9.90 Å². The third-order valence-electron chi connectivity index (χ3n) is 6.94. The van der Waals surface area contributed by atoms with Gasteiger partial charge in [0.2, 0.25) is 5.91 Å². The second-order valence-corrected chi connectivity index (χ2v) is 9.19. The van der Waals surface area contributed by atoms with E-state index in [1.807, 2.05) is 41.9 Å². The van der Waals surface area contributed by atoms with Gasteiger partial charge in [-0.3, -0.25) is 4.79 Å². The van der Waals surface area contributed by atoms with Gasteiger partial charge in [-0.15, -0.1) is 0 Å². The van der Waals surface area contributed by atoms with E-state index in [9.17, 15) is 9.90 Å². The lowest BCUT2D eigenvalue weighted by atomic mass is 9.87. The number of nitrogens with zero attached hydrogens (tertiary/aromatic N) is 4. The Hall–Kier alpha value is -3.09. The molecule has 0 bridgehead atoms. The monoisotopic (exact) mass is 433 g/mol. The molecule has 1 amide bonds. The highest BCUT2D eigenvalue weighted by Crippen LogP contribution is 2.31. The number of anilines is 1. The number of nitrogens with one attached hydrogen (secondary N) is 1. The molecule has 1 aliphatic carbocycles. The van der Waals surface area contributed by atoms with E-state index in [1.165, 1.54) is 19.3 Å². The number of hydrogen-bond acceptors (Lipinski definition) is 5. The molecule has 7 heteroatoms. The van der Waals surface area contributed by atoms with E-state index in [0.717, 1.165) is 55.8 Å². The Morgan fingerprint density at radius 3 is 2.59 bits per heavy atom. The first-order valence-corrected chi connectivity index (χ1v) is 11.8. The summed E-state index contributed by atoms with van der Waals surface area (Å²) >= 11 is 0. The molecule has 3 heterocycles. The van der Waals surface area contributed by atoms with Crippen molar-refractivity contribution in [2.45, 2.75) is 57.9 Å². The van der Waals surface area contributed by atoms with Crippen LogP contribution >= 0.6 is 0 Å². The molecule has 2 aliphatic rings. The predicted molar refractivity (Wildman–Crippen MR) is 125 cm³/mol. The number of phenols is 1. The molecule has 0 spiro atoms. The number of carbonyl (C=O) groups excluding carboxylic acids is 1. The normalized spacial score (nSPS) is 18.2. The minimum atomic E-state index is 0.210. The minimum absolute atomic E-state index is 0.210. The Labute approximate surface area is 188 Å². The van der Waals surface area contributed by atoms with Crippen LogP contribution in [0.5, 0.6) is 5.75 Å². The van der Waals surface area contributed by atoms with Crippen molar-refractivity contribution in [3.8, 4) is 17.0 Å². The average Bonchev–Trinajstić information content (AvgIpc) is 3.21. The Balaban J connectivity index is 1.33. The van der Waals surface area contributed by atoms with Crippen molar-refractivity contribution in [2.24, 2.45) is 5.92 Å². The lowest BCUT2D eigenvalue weighted by Gasteiger charge is -2.35. The van der Waals surface area contributed by atoms with Crippen LogP contribution in [-0.4, -0.2) is 49.6 Å². The first-order valence-electron chi connectivity index (χ1n) is 11.8. The highest BCUT2D eigenvalue weighted by Gasteiger charge is 2.29. The third-order valence-corrected chi connectivity index (χ3v) is 6.94. The number of fused-ring (bicyclic) bond motifs is 1. The SMILES string of the molecule is Cc1cnn2c(NC3CCN(C(=O)C4CCCCC4)CC3)cc(-c3ccccc3O)nc12. The van der Waals surface area contributed by atoms with Crippen LogP contribution in [0.1, 0.15) is 50.5 Å². The van der Waals surface area contributed by atoms with Gasteiger partial charge < -0.3 is 15.3 Å². The van der Waals surface area contributed by atoms with E-state index >= 15 is 0 Å². The van der Waals surface area contributed by atoms with Crippen molar-refractivity contribution in [3.63, 3.8) is 0 Å². The average molecular weight is 434 g/mol. The second-order valence-electron chi connectivity index (χ2n) is 9.19. The molecule has 168 valence electrons. The molecule has 3 aromatic rings. The molecule has 0 unspecified atom stereocenters. The zero-order chi connectivity index (χ0) is 22.1. The summed E-state index contributed by atoms with van der Waals surface area (Å²) in [5.41, 5.74) is 3.18. The quantitative estimate of drug-likeness (QED) is 0.638. The molecule has 5 rings (SSSR count). The molecule has 2 N–H and O–H groups in total. The maximum Gasteiger partial charge on any atom is 0.225 e. The van der Waals surface area contributed by atoms with E-state index < -0.39 is 0 Å². The van der Waals surface area contributed by atoms with Crippen molar-refractivity contribution in [2.75, 3.05) is 18.4 Å². The van der Waals surface area contributed by atoms with Gasteiger partial charge in [0.05, 0.1) is 11.9 Å². The number of para-hydroxylation sites is 1. The molecule has 2 fully saturated rings. The highest BCUT2D eigenvalue weighted by atomic mass is 16.3. The number of aryl methyl sites for hydroxylation is 1. The van der Waals surface area contributed by atoms with Crippen LogP contribution in [0.4, 0.5) is 5.82 Å². The number of aromatic nitrogens is 3. The highest BCUT2D eigenvalue weighted by molar-refractivity contribution is 5.79. The number of amides is 1. The number of aromatic hydroxyl groups is 1. The van der Waals surface area contributed by atoms with Gasteiger partial charge in [0.1, 0.15) is 11.6 Å². The smallest absolute Gasteiger partial charge is 0.225 e. The van der Waals surface area contributed by atoms with Crippen molar-refractivity contribution in [1.82, 2.24) is 19.5 Å². The van der Waals surface area contributed by atoms with Gasteiger partial charge >= 0.3 is 0 Å². The molecule has 32 heavy (non-hydrogen) atoms. The van der Waals surface area contributed by atoms with E-state index in [4.69, 9.17) is 4.98 Å². The number of piperidine rings is 1. The molecule has 1 aliphatic heterocycles. The lowest BCUT2D eigenvalue weighted by Crippen LogP contribution is -2.45. The third kappa shape index (κ3) is 4.04. The maximum absolute atomic E-state index is 12.9. The summed E-state index contributed by atoms with van der Waals surface area (Å²) in [5, 5.41) is 18.5. The van der Waals surface area contributed by atoms with Crippen LogP contribution in [0.25, 0.3) is 16.9 Å². The van der Waals surface area contributed by atoms with Crippen molar-refractivity contribution in [3.05, 3.63) is 42.1 Å². The van der Waals surface area contributed by atoms with Gasteiger partial charge in [-0.25, -0.2) is 4.98 Å². The van der Waals surface area contributed by atoms with Gasteiger partial charge in [0, 0.05) is 42.2 Å². The zero-order valence-electron chi connectivity index (χ0n) is 18.6. The summed E-state index contributed by atoms with van der Waals surface area (Å²) in [5.74, 6) is 1.67. The lowest BCUT2D eigenvalue weighted by molar-refractivity contribution is -0.137. The second kappa shape index (κ2) is 8.81. The summed E-state index contributed by atoms with van der Waals surface area (Å²) in [6.07, 6.45) is 9.39. The number of benzene rings is 1. The number of phenolic OH excluding ortho intramolecular Hbond substituents is 1. The van der Waals surface area contributed by atoms with Gasteiger partial charge in [-0.05, 0) is 44.7 Å². The molecule has 7 nitrogen and oxygen atoms in total. The van der Waals surface area contributed by atoms with E-state index in [-0.39, 0.29) is 17.7 Å². The molecule has 1 saturated heterocycles. The summed E-state index contributed by atoms with van der Waals surface area (Å²) in [6.45, 7) is 3.58. The van der Waals surface area contributed by atoms with Crippen LogP contribution < -0.4 is 5.32 Å². The van der Waals surface area contributed by atoms with Gasteiger partial charge in [0.25, 0.3) is 0 Å². The van der Waals surface area contributed by atoms with E-state index in [1.54, 1.807) is 6.07 Å². The van der Waals surface area contributed by atoms with Gasteiger partial charge in [-0.1, -0.05) is 31.4 Å². The summed E-state index contributed by atoms with van der Waals surface area (Å²) < 4.78 is 1.83. The number of rotatable bonds is 4. The fourth-order valence-electron chi connectivity index (χ4n) is 5.06. The fourth-order valence-corrected chi connectivity index (χ4v) is 5.06. The standard InChI is InChI=1S/C25H31N5O2/c1-17-16-26-30-23(15-21(28-24(17)30)20-9-5-6-10-22(20)31)27-19-11-13-29(14-12-19)25(32)18-7-3-2-4-8-18/h5-6,9-10,15-16,18-19,27,31H,2-4,7-8,11-14H2,1H3. The molecule has 0 radical (unpaired) electrons. The number of hydrogen-bond donors (Lipinski definition) is 2. The fraction of sp³-hybridized carbons (Fsp3) is 0.480. The Bertz CT molecular complexity index is 1110. The zero-order valence-corrected chi connectivity index (χ0v) is 18.6. The summed E-state index contributed by atoms with van der Waals surface area (Å²) in [7, 11) is 0. The van der Waals surface area contributed by atoms with Crippen LogP contribution in [0.15, 0.2) is 36.5 Å². The Morgan fingerprint density at radius 2 is 1.84 bits per heavy atom. The molecule has 1 aromatic carbocycles. The Kier molecular flexibility index (Phi) is 5.72. The topological polar surface area (TPSA) is 82.8 Å². The van der Waals surface area contributed by atoms with E-state index in [2.05, 4.69) is 15.3 Å². The first kappa shape index (κ1) is 20.8. The van der Waals surface area contributed by atoms with Crippen LogP contribution in [-0.2, 0) is 4.79 Å². The van der Waals surface area contributed by atoms with Crippen LogP contribution in [0, 0.1) is 12.8 Å².